The van der Waals surface area contributed by atoms with Gasteiger partial charge in [0, 0.05) is 36.2 Å². The molecule has 2 heterocycles. The molecule has 2 aromatic carbocycles. The fourth-order valence-electron chi connectivity index (χ4n) is 4.00. The third-order valence-electron chi connectivity index (χ3n) is 5.79. The Morgan fingerprint density at radius 1 is 1.16 bits per heavy atom. The number of benzene rings is 2. The van der Waals surface area contributed by atoms with Crippen LogP contribution in [0.4, 0.5) is 5.69 Å². The third-order valence-corrected chi connectivity index (χ3v) is 5.79. The van der Waals surface area contributed by atoms with E-state index in [9.17, 15) is 9.59 Å². The molecule has 4 rings (SSSR count). The summed E-state index contributed by atoms with van der Waals surface area (Å²) in [7, 11) is 1.53. The summed E-state index contributed by atoms with van der Waals surface area (Å²) in [6.45, 7) is 6.09. The molecule has 0 radical (unpaired) electrons. The predicted octanol–water partition coefficient (Wildman–Crippen LogP) is 3.81. The summed E-state index contributed by atoms with van der Waals surface area (Å²) in [6.07, 6.45) is -0.209. The van der Waals surface area contributed by atoms with E-state index in [4.69, 9.17) is 14.5 Å². The first-order chi connectivity index (χ1) is 15.5. The van der Waals surface area contributed by atoms with Gasteiger partial charge in [-0.25, -0.2) is 4.79 Å². The number of hydrogen-bond acceptors (Lipinski definition) is 6. The molecule has 1 amide bonds. The molecule has 7 nitrogen and oxygen atoms in total. The largest absolute Gasteiger partial charge is 0.495 e. The van der Waals surface area contributed by atoms with Crippen LogP contribution in [-0.2, 0) is 22.5 Å². The van der Waals surface area contributed by atoms with Crippen molar-refractivity contribution in [2.24, 2.45) is 0 Å². The summed E-state index contributed by atoms with van der Waals surface area (Å²) in [4.78, 5) is 33.1. The standard InChI is InChI=1S/C25H27N3O4/c1-4-28-14-13-20-18(15-28)23(17-9-5-6-10-19(17)26-20)25(30)32-16(2)24(29)27-21-11-7-8-12-22(21)31-3/h5-12,16H,4,13-15H2,1-3H3,(H,27,29). The minimum Gasteiger partial charge on any atom is -0.495 e. The Morgan fingerprint density at radius 3 is 2.69 bits per heavy atom. The van der Waals surface area contributed by atoms with Crippen molar-refractivity contribution < 1.29 is 19.1 Å². The normalized spacial score (nSPS) is 14.5. The Morgan fingerprint density at radius 2 is 1.91 bits per heavy atom. The van der Waals surface area contributed by atoms with Crippen molar-refractivity contribution in [3.63, 3.8) is 0 Å². The molecule has 1 aliphatic rings. The van der Waals surface area contributed by atoms with E-state index in [0.717, 1.165) is 41.7 Å². The minimum absolute atomic E-state index is 0.426. The molecule has 1 aliphatic heterocycles. The van der Waals surface area contributed by atoms with Crippen molar-refractivity contribution in [3.8, 4) is 5.75 Å². The highest BCUT2D eigenvalue weighted by atomic mass is 16.5. The Balaban J connectivity index is 1.61. The van der Waals surface area contributed by atoms with Crippen LogP contribution in [-0.4, -0.2) is 48.1 Å². The maximum absolute atomic E-state index is 13.3. The first-order valence-electron chi connectivity index (χ1n) is 10.8. The van der Waals surface area contributed by atoms with E-state index in [0.29, 0.717) is 23.5 Å². The summed E-state index contributed by atoms with van der Waals surface area (Å²) >= 11 is 0. The number of pyridine rings is 1. The number of rotatable bonds is 6. The number of hydrogen-bond donors (Lipinski definition) is 1. The minimum atomic E-state index is -0.985. The first-order valence-corrected chi connectivity index (χ1v) is 10.8. The van der Waals surface area contributed by atoms with Gasteiger partial charge in [0.25, 0.3) is 5.91 Å². The summed E-state index contributed by atoms with van der Waals surface area (Å²) in [5, 5.41) is 3.51. The lowest BCUT2D eigenvalue weighted by atomic mass is 9.95. The fraction of sp³-hybridized carbons (Fsp3) is 0.320. The Bertz CT molecular complexity index is 1160. The van der Waals surface area contributed by atoms with Gasteiger partial charge >= 0.3 is 5.97 Å². The van der Waals surface area contributed by atoms with Gasteiger partial charge in [-0.1, -0.05) is 37.3 Å². The van der Waals surface area contributed by atoms with Crippen LogP contribution in [0.2, 0.25) is 0 Å². The molecule has 0 saturated carbocycles. The van der Waals surface area contributed by atoms with Gasteiger partial charge in [0.1, 0.15) is 5.75 Å². The molecule has 0 spiro atoms. The molecular weight excluding hydrogens is 406 g/mol. The number of anilines is 1. The number of likely N-dealkylation sites (N-methyl/N-ethyl adjacent to an activating group) is 1. The van der Waals surface area contributed by atoms with E-state index in [1.807, 2.05) is 30.3 Å². The number of nitrogens with one attached hydrogen (secondary N) is 1. The van der Waals surface area contributed by atoms with Crippen LogP contribution in [0, 0.1) is 0 Å². The second kappa shape index (κ2) is 9.36. The van der Waals surface area contributed by atoms with Crippen molar-refractivity contribution >= 4 is 28.5 Å². The van der Waals surface area contributed by atoms with Crippen LogP contribution in [0.5, 0.6) is 5.75 Å². The molecule has 32 heavy (non-hydrogen) atoms. The first kappa shape index (κ1) is 21.8. The van der Waals surface area contributed by atoms with E-state index in [2.05, 4.69) is 17.1 Å². The molecule has 1 N–H and O–H groups in total. The smallest absolute Gasteiger partial charge is 0.339 e. The van der Waals surface area contributed by atoms with Crippen LogP contribution in [0.25, 0.3) is 10.9 Å². The van der Waals surface area contributed by atoms with E-state index < -0.39 is 18.0 Å². The predicted molar refractivity (Wildman–Crippen MR) is 123 cm³/mol. The highest BCUT2D eigenvalue weighted by molar-refractivity contribution is 6.06. The number of amides is 1. The van der Waals surface area contributed by atoms with Crippen LogP contribution in [0.1, 0.15) is 35.5 Å². The van der Waals surface area contributed by atoms with E-state index in [1.165, 1.54) is 7.11 Å². The van der Waals surface area contributed by atoms with E-state index in [-0.39, 0.29) is 0 Å². The number of fused-ring (bicyclic) bond motifs is 2. The molecule has 0 bridgehead atoms. The number of carbonyl (C=O) groups excluding carboxylic acids is 2. The average Bonchev–Trinajstić information content (AvgIpc) is 2.82. The monoisotopic (exact) mass is 433 g/mol. The number of nitrogens with zero attached hydrogens (tertiary/aromatic N) is 2. The molecule has 0 saturated heterocycles. The third kappa shape index (κ3) is 4.29. The topological polar surface area (TPSA) is 80.8 Å². The lowest BCUT2D eigenvalue weighted by Crippen LogP contribution is -2.34. The number of ether oxygens (including phenoxy) is 2. The molecule has 166 valence electrons. The highest BCUT2D eigenvalue weighted by Crippen LogP contribution is 2.29. The van der Waals surface area contributed by atoms with Gasteiger partial charge in [-0.05, 0) is 31.7 Å². The molecule has 1 unspecified atom stereocenters. The number of carbonyl (C=O) groups is 2. The van der Waals surface area contributed by atoms with Crippen molar-refractivity contribution in [2.75, 3.05) is 25.5 Å². The van der Waals surface area contributed by atoms with Crippen molar-refractivity contribution in [2.45, 2.75) is 32.9 Å². The quantitative estimate of drug-likeness (QED) is 0.596. The number of aromatic nitrogens is 1. The summed E-state index contributed by atoms with van der Waals surface area (Å²) in [5.41, 5.74) is 3.59. The number of esters is 1. The highest BCUT2D eigenvalue weighted by Gasteiger charge is 2.28. The maximum Gasteiger partial charge on any atom is 0.339 e. The Hall–Kier alpha value is -3.45. The SMILES string of the molecule is CCN1CCc2nc3ccccc3c(C(=O)OC(C)C(=O)Nc3ccccc3OC)c2C1. The molecular formula is C25H27N3O4. The second-order valence-electron chi connectivity index (χ2n) is 7.79. The maximum atomic E-state index is 13.3. The molecule has 1 atom stereocenters. The molecule has 0 fully saturated rings. The molecule has 7 heteroatoms. The zero-order valence-electron chi connectivity index (χ0n) is 18.6. The van der Waals surface area contributed by atoms with Crippen molar-refractivity contribution in [1.29, 1.82) is 0 Å². The molecule has 0 aliphatic carbocycles. The zero-order chi connectivity index (χ0) is 22.7. The fourth-order valence-corrected chi connectivity index (χ4v) is 4.00. The number of methoxy groups -OCH3 is 1. The van der Waals surface area contributed by atoms with Gasteiger partial charge < -0.3 is 14.8 Å². The van der Waals surface area contributed by atoms with Crippen molar-refractivity contribution in [3.05, 3.63) is 65.4 Å². The molecule has 1 aromatic heterocycles. The van der Waals surface area contributed by atoms with Crippen LogP contribution in [0.3, 0.4) is 0 Å². The van der Waals surface area contributed by atoms with Gasteiger partial charge in [-0.3, -0.25) is 14.7 Å². The van der Waals surface area contributed by atoms with Gasteiger partial charge in [0.05, 0.1) is 23.9 Å². The van der Waals surface area contributed by atoms with E-state index >= 15 is 0 Å². The average molecular weight is 434 g/mol. The lowest BCUT2D eigenvalue weighted by Gasteiger charge is -2.29. The van der Waals surface area contributed by atoms with Gasteiger partial charge in [-0.2, -0.15) is 0 Å². The number of para-hydroxylation sites is 3. The van der Waals surface area contributed by atoms with Gasteiger partial charge in [0.2, 0.25) is 0 Å². The summed E-state index contributed by atoms with van der Waals surface area (Å²) < 4.78 is 10.9. The van der Waals surface area contributed by atoms with E-state index in [1.54, 1.807) is 25.1 Å². The van der Waals surface area contributed by atoms with Gasteiger partial charge in [0.15, 0.2) is 6.10 Å². The van der Waals surface area contributed by atoms with Crippen molar-refractivity contribution in [1.82, 2.24) is 9.88 Å². The van der Waals surface area contributed by atoms with Gasteiger partial charge in [-0.15, -0.1) is 0 Å². The Kier molecular flexibility index (Phi) is 6.37. The lowest BCUT2D eigenvalue weighted by molar-refractivity contribution is -0.123. The Labute approximate surface area is 187 Å². The zero-order valence-corrected chi connectivity index (χ0v) is 18.6. The summed E-state index contributed by atoms with van der Waals surface area (Å²) in [6, 6.07) is 14.7. The summed E-state index contributed by atoms with van der Waals surface area (Å²) in [5.74, 6) is -0.404. The van der Waals surface area contributed by atoms with Crippen LogP contribution >= 0.6 is 0 Å². The van der Waals surface area contributed by atoms with Crippen LogP contribution < -0.4 is 10.1 Å². The molecule has 3 aromatic rings. The van der Waals surface area contributed by atoms with Crippen LogP contribution in [0.15, 0.2) is 48.5 Å². The second-order valence-corrected chi connectivity index (χ2v) is 7.79.